The Morgan fingerprint density at radius 1 is 1.05 bits per heavy atom. The van der Waals surface area contributed by atoms with E-state index in [1.54, 1.807) is 17.7 Å². The second-order valence-corrected chi connectivity index (χ2v) is 10.5. The molecular formula is C28H20Cl2F3N5OS. The molecule has 0 saturated carbocycles. The summed E-state index contributed by atoms with van der Waals surface area (Å²) in [5.74, 6) is -0.383. The molecule has 0 bridgehead atoms. The van der Waals surface area contributed by atoms with Crippen LogP contribution in [0.4, 0.5) is 24.0 Å². The van der Waals surface area contributed by atoms with Crippen LogP contribution in [-0.4, -0.2) is 21.7 Å². The minimum absolute atomic E-state index is 0.0444. The molecule has 5 aromatic rings. The number of benzene rings is 3. The van der Waals surface area contributed by atoms with E-state index >= 15 is 0 Å². The van der Waals surface area contributed by atoms with E-state index in [1.165, 1.54) is 23.5 Å². The minimum atomic E-state index is -4.44. The number of fused-ring (bicyclic) bond motifs is 1. The highest BCUT2D eigenvalue weighted by atomic mass is 35.5. The number of nitrogens with zero attached hydrogens (tertiary/aromatic N) is 3. The molecule has 0 aliphatic rings. The molecule has 0 aliphatic carbocycles. The first kappa shape index (κ1) is 27.7. The van der Waals surface area contributed by atoms with Gasteiger partial charge in [0, 0.05) is 40.3 Å². The molecule has 2 heterocycles. The average molecular weight is 602 g/mol. The maximum absolute atomic E-state index is 13.0. The second kappa shape index (κ2) is 11.7. The van der Waals surface area contributed by atoms with E-state index in [2.05, 4.69) is 25.4 Å². The first-order chi connectivity index (χ1) is 19.2. The van der Waals surface area contributed by atoms with E-state index in [9.17, 15) is 18.0 Å². The third-order valence-corrected chi connectivity index (χ3v) is 7.43. The Morgan fingerprint density at radius 3 is 2.67 bits per heavy atom. The summed E-state index contributed by atoms with van der Waals surface area (Å²) in [5, 5.41) is 10.9. The number of halogens is 5. The number of thiazole rings is 1. The largest absolute Gasteiger partial charge is 0.416 e. The molecule has 1 amide bonds. The zero-order valence-electron chi connectivity index (χ0n) is 20.5. The first-order valence-corrected chi connectivity index (χ1v) is 13.5. The minimum Gasteiger partial charge on any atom is -0.342 e. The van der Waals surface area contributed by atoms with E-state index in [4.69, 9.17) is 23.2 Å². The van der Waals surface area contributed by atoms with Crippen molar-refractivity contribution >= 4 is 68.4 Å². The van der Waals surface area contributed by atoms with Gasteiger partial charge in [0.1, 0.15) is 0 Å². The van der Waals surface area contributed by atoms with Crippen LogP contribution in [0.2, 0.25) is 10.0 Å². The Kier molecular flexibility index (Phi) is 8.11. The molecular weight excluding hydrogens is 582 g/mol. The van der Waals surface area contributed by atoms with Crippen LogP contribution < -0.4 is 10.7 Å². The molecule has 2 N–H and O–H groups in total. The number of hydrogen-bond acceptors (Lipinski definition) is 5. The van der Waals surface area contributed by atoms with Gasteiger partial charge in [-0.25, -0.2) is 10.4 Å². The van der Waals surface area contributed by atoms with Crippen LogP contribution in [0, 0.1) is 0 Å². The van der Waals surface area contributed by atoms with Gasteiger partial charge in [-0.15, -0.1) is 11.3 Å². The molecule has 40 heavy (non-hydrogen) atoms. The Morgan fingerprint density at radius 2 is 1.88 bits per heavy atom. The molecule has 2 aromatic heterocycles. The third kappa shape index (κ3) is 6.64. The van der Waals surface area contributed by atoms with Gasteiger partial charge in [0.05, 0.1) is 33.9 Å². The number of hydrazone groups is 1. The molecule has 0 spiro atoms. The lowest BCUT2D eigenvalue weighted by Gasteiger charge is -2.08. The summed E-state index contributed by atoms with van der Waals surface area (Å²) in [6.45, 7) is 0.568. The van der Waals surface area contributed by atoms with Crippen molar-refractivity contribution in [1.82, 2.24) is 15.0 Å². The van der Waals surface area contributed by atoms with E-state index in [0.29, 0.717) is 27.4 Å². The number of carbonyl (C=O) groups excluding carboxylic acids is 1. The Balaban J connectivity index is 1.22. The van der Waals surface area contributed by atoms with Crippen LogP contribution >= 0.6 is 34.5 Å². The number of aromatic nitrogens is 2. The van der Waals surface area contributed by atoms with Crippen molar-refractivity contribution in [3.63, 3.8) is 0 Å². The number of carbonyl (C=O) groups is 1. The maximum Gasteiger partial charge on any atom is 0.416 e. The lowest BCUT2D eigenvalue weighted by atomic mass is 10.2. The smallest absolute Gasteiger partial charge is 0.342 e. The summed E-state index contributed by atoms with van der Waals surface area (Å²) in [5.41, 5.74) is 5.26. The number of nitrogens with one attached hydrogen (secondary N) is 2. The van der Waals surface area contributed by atoms with Gasteiger partial charge in [-0.3, -0.25) is 4.79 Å². The van der Waals surface area contributed by atoms with Crippen LogP contribution in [0.25, 0.3) is 10.9 Å². The van der Waals surface area contributed by atoms with Crippen molar-refractivity contribution in [1.29, 1.82) is 0 Å². The number of hydrogen-bond donors (Lipinski definition) is 2. The molecule has 0 aliphatic heterocycles. The standard InChI is InChI=1S/C28H20Cl2F3N5OS/c29-23-9-8-17(10-24(23)30)14-38-15-18(22-6-1-2-7-25(22)38)13-34-37-26(39)12-21-16-40-27(36-21)35-20-5-3-4-19(11-20)28(31,32)33/h1-11,13,15-16H,12,14H2,(H,35,36)(H,37,39)/b34-13-. The average Bonchev–Trinajstić information content (AvgIpc) is 3.50. The topological polar surface area (TPSA) is 71.3 Å². The second-order valence-electron chi connectivity index (χ2n) is 8.80. The van der Waals surface area contributed by atoms with Gasteiger partial charge in [0.25, 0.3) is 0 Å². The molecule has 5 rings (SSSR count). The summed E-state index contributed by atoms with van der Waals surface area (Å²) in [6.07, 6.45) is -0.969. The fraction of sp³-hybridized carbons (Fsp3) is 0.107. The Hall–Kier alpha value is -3.86. The van der Waals surface area contributed by atoms with Crippen LogP contribution in [-0.2, 0) is 23.9 Å². The predicted molar refractivity (Wildman–Crippen MR) is 154 cm³/mol. The summed E-state index contributed by atoms with van der Waals surface area (Å²) < 4.78 is 40.9. The van der Waals surface area contributed by atoms with Crippen molar-refractivity contribution in [2.45, 2.75) is 19.1 Å². The van der Waals surface area contributed by atoms with E-state index < -0.39 is 11.7 Å². The first-order valence-electron chi connectivity index (χ1n) is 11.9. The highest BCUT2D eigenvalue weighted by molar-refractivity contribution is 7.13. The maximum atomic E-state index is 13.0. The summed E-state index contributed by atoms with van der Waals surface area (Å²) in [6, 6.07) is 18.2. The molecule has 0 saturated heterocycles. The lowest BCUT2D eigenvalue weighted by Crippen LogP contribution is -2.19. The van der Waals surface area contributed by atoms with Crippen LogP contribution in [0.1, 0.15) is 22.4 Å². The molecule has 12 heteroatoms. The summed E-state index contributed by atoms with van der Waals surface area (Å²) in [7, 11) is 0. The van der Waals surface area contributed by atoms with Crippen LogP contribution in [0.15, 0.2) is 83.4 Å². The van der Waals surface area contributed by atoms with E-state index in [0.717, 1.165) is 34.2 Å². The van der Waals surface area contributed by atoms with E-state index in [-0.39, 0.29) is 18.0 Å². The van der Waals surface area contributed by atoms with Gasteiger partial charge in [0.2, 0.25) is 5.91 Å². The predicted octanol–water partition coefficient (Wildman–Crippen LogP) is 7.91. The molecule has 0 fully saturated rings. The molecule has 0 atom stereocenters. The number of rotatable bonds is 8. The summed E-state index contributed by atoms with van der Waals surface area (Å²) in [4.78, 5) is 16.8. The Bertz CT molecular complexity index is 1710. The molecule has 204 valence electrons. The normalized spacial score (nSPS) is 11.8. The quantitative estimate of drug-likeness (QED) is 0.140. The van der Waals surface area contributed by atoms with Gasteiger partial charge in [-0.2, -0.15) is 18.3 Å². The molecule has 0 radical (unpaired) electrons. The van der Waals surface area contributed by atoms with Gasteiger partial charge < -0.3 is 9.88 Å². The van der Waals surface area contributed by atoms with Crippen molar-refractivity contribution in [2.75, 3.05) is 5.32 Å². The fourth-order valence-corrected chi connectivity index (χ4v) is 5.11. The third-order valence-electron chi connectivity index (χ3n) is 5.88. The van der Waals surface area contributed by atoms with Crippen molar-refractivity contribution in [3.8, 4) is 0 Å². The van der Waals surface area contributed by atoms with Gasteiger partial charge in [-0.05, 0) is 42.0 Å². The number of alkyl halides is 3. The van der Waals surface area contributed by atoms with Crippen LogP contribution in [0.3, 0.4) is 0 Å². The van der Waals surface area contributed by atoms with E-state index in [1.807, 2.05) is 42.6 Å². The zero-order chi connectivity index (χ0) is 28.3. The van der Waals surface area contributed by atoms with Crippen molar-refractivity contribution in [2.24, 2.45) is 5.10 Å². The number of amides is 1. The highest BCUT2D eigenvalue weighted by Gasteiger charge is 2.30. The van der Waals surface area contributed by atoms with Crippen molar-refractivity contribution in [3.05, 3.63) is 111 Å². The monoisotopic (exact) mass is 601 g/mol. The van der Waals surface area contributed by atoms with Crippen molar-refractivity contribution < 1.29 is 18.0 Å². The van der Waals surface area contributed by atoms with Gasteiger partial charge >= 0.3 is 6.18 Å². The van der Waals surface area contributed by atoms with Gasteiger partial charge in [-0.1, -0.05) is 53.5 Å². The molecule has 0 unspecified atom stereocenters. The SMILES string of the molecule is O=C(Cc1csc(Nc2cccc(C(F)(F)F)c2)n1)N/N=C\c1cn(Cc2ccc(Cl)c(Cl)c2)c2ccccc12. The molecule has 6 nitrogen and oxygen atoms in total. The van der Waals surface area contributed by atoms with Gasteiger partial charge in [0.15, 0.2) is 5.13 Å². The molecule has 3 aromatic carbocycles. The van der Waals surface area contributed by atoms with Crippen LogP contribution in [0.5, 0.6) is 0 Å². The zero-order valence-corrected chi connectivity index (χ0v) is 22.9. The fourth-order valence-electron chi connectivity index (χ4n) is 4.06. The Labute approximate surface area is 241 Å². The number of anilines is 2. The summed E-state index contributed by atoms with van der Waals surface area (Å²) >= 11 is 13.4. The number of para-hydroxylation sites is 1. The lowest BCUT2D eigenvalue weighted by molar-refractivity contribution is -0.137. The highest BCUT2D eigenvalue weighted by Crippen LogP contribution is 2.32.